The van der Waals surface area contributed by atoms with E-state index < -0.39 is 0 Å². The fraction of sp³-hybridized carbons (Fsp3) is 0.429. The Kier molecular flexibility index (Phi) is 2.38. The summed E-state index contributed by atoms with van der Waals surface area (Å²) in [5.74, 6) is -0.451. The minimum atomic E-state index is -0.361. The molecule has 0 aromatic rings. The maximum absolute atomic E-state index is 10.9. The summed E-state index contributed by atoms with van der Waals surface area (Å²) in [5, 5.41) is 5.06. The number of hydrogen-bond donors (Lipinski definition) is 2. The van der Waals surface area contributed by atoms with E-state index in [0.717, 1.165) is 0 Å². The molecular weight excluding hydrogens is 144 g/mol. The number of carbonyl (C=O) groups is 2. The third-order valence-electron chi connectivity index (χ3n) is 1.48. The van der Waals surface area contributed by atoms with Gasteiger partial charge in [-0.2, -0.15) is 0 Å². The average molecular weight is 154 g/mol. The molecule has 0 saturated carbocycles. The third-order valence-corrected chi connectivity index (χ3v) is 1.48. The van der Waals surface area contributed by atoms with Crippen LogP contribution in [0.5, 0.6) is 0 Å². The Morgan fingerprint density at radius 1 is 1.73 bits per heavy atom. The molecule has 2 N–H and O–H groups in total. The Bertz CT molecular complexity index is 201. The van der Waals surface area contributed by atoms with Crippen LogP contribution in [0.1, 0.15) is 6.42 Å². The zero-order valence-electron chi connectivity index (χ0n) is 6.09. The van der Waals surface area contributed by atoms with Crippen molar-refractivity contribution in [2.75, 3.05) is 6.54 Å². The molecular formula is C7H10N2O2. The normalized spacial score (nSPS) is 23.5. The van der Waals surface area contributed by atoms with Gasteiger partial charge in [-0.3, -0.25) is 14.9 Å². The van der Waals surface area contributed by atoms with Crippen LogP contribution in [-0.4, -0.2) is 24.4 Å². The fourth-order valence-corrected chi connectivity index (χ4v) is 0.944. The van der Waals surface area contributed by atoms with E-state index in [4.69, 9.17) is 0 Å². The van der Waals surface area contributed by atoms with Crippen molar-refractivity contribution in [1.82, 2.24) is 10.6 Å². The van der Waals surface area contributed by atoms with Crippen LogP contribution in [0.15, 0.2) is 12.7 Å². The Hall–Kier alpha value is -1.16. The molecule has 4 heteroatoms. The van der Waals surface area contributed by atoms with Crippen LogP contribution in [0.4, 0.5) is 0 Å². The summed E-state index contributed by atoms with van der Waals surface area (Å²) in [5.41, 5.74) is 0. The predicted molar refractivity (Wildman–Crippen MR) is 39.8 cm³/mol. The number of rotatable bonds is 3. The van der Waals surface area contributed by atoms with Crippen LogP contribution in [0.2, 0.25) is 0 Å². The summed E-state index contributed by atoms with van der Waals surface area (Å²) in [7, 11) is 0. The average Bonchev–Trinajstić information content (AvgIpc) is 2.26. The van der Waals surface area contributed by atoms with E-state index in [2.05, 4.69) is 17.2 Å². The van der Waals surface area contributed by atoms with Gasteiger partial charge in [0.25, 0.3) is 0 Å². The Morgan fingerprint density at radius 2 is 2.45 bits per heavy atom. The molecule has 0 radical (unpaired) electrons. The van der Waals surface area contributed by atoms with E-state index >= 15 is 0 Å². The van der Waals surface area contributed by atoms with Crippen molar-refractivity contribution in [2.45, 2.75) is 12.5 Å². The molecule has 1 atom stereocenters. The van der Waals surface area contributed by atoms with Crippen molar-refractivity contribution in [3.8, 4) is 0 Å². The Morgan fingerprint density at radius 3 is 2.91 bits per heavy atom. The van der Waals surface area contributed by atoms with Crippen molar-refractivity contribution in [1.29, 1.82) is 0 Å². The van der Waals surface area contributed by atoms with E-state index in [9.17, 15) is 9.59 Å². The van der Waals surface area contributed by atoms with Crippen LogP contribution < -0.4 is 10.6 Å². The number of hydrogen-bond acceptors (Lipinski definition) is 3. The van der Waals surface area contributed by atoms with Gasteiger partial charge in [0.1, 0.15) is 0 Å². The lowest BCUT2D eigenvalue weighted by Gasteiger charge is -2.04. The SMILES string of the molecule is C=CCNC1CC(=O)NC1=O. The molecule has 1 heterocycles. The molecule has 60 valence electrons. The predicted octanol–water partition coefficient (Wildman–Crippen LogP) is -0.823. The van der Waals surface area contributed by atoms with Crippen LogP contribution in [-0.2, 0) is 9.59 Å². The monoisotopic (exact) mass is 154 g/mol. The number of nitrogens with one attached hydrogen (secondary N) is 2. The maximum Gasteiger partial charge on any atom is 0.244 e. The zero-order chi connectivity index (χ0) is 8.27. The topological polar surface area (TPSA) is 58.2 Å². The molecule has 0 aliphatic carbocycles. The van der Waals surface area contributed by atoms with E-state index in [-0.39, 0.29) is 24.3 Å². The van der Waals surface area contributed by atoms with Crippen molar-refractivity contribution in [2.24, 2.45) is 0 Å². The third kappa shape index (κ3) is 1.88. The summed E-state index contributed by atoms with van der Waals surface area (Å²) in [6.07, 6.45) is 1.89. The van der Waals surface area contributed by atoms with Crippen molar-refractivity contribution in [3.63, 3.8) is 0 Å². The Balaban J connectivity index is 2.40. The van der Waals surface area contributed by atoms with E-state index in [0.29, 0.717) is 6.54 Å². The highest BCUT2D eigenvalue weighted by molar-refractivity contribution is 6.05. The van der Waals surface area contributed by atoms with Crippen LogP contribution in [0.25, 0.3) is 0 Å². The first-order chi connectivity index (χ1) is 5.24. The van der Waals surface area contributed by atoms with Crippen molar-refractivity contribution in [3.05, 3.63) is 12.7 Å². The van der Waals surface area contributed by atoms with Gasteiger partial charge in [-0.1, -0.05) is 6.08 Å². The first-order valence-corrected chi connectivity index (χ1v) is 3.42. The van der Waals surface area contributed by atoms with E-state index in [1.165, 1.54) is 0 Å². The van der Waals surface area contributed by atoms with Gasteiger partial charge >= 0.3 is 0 Å². The molecule has 0 aromatic carbocycles. The second-order valence-electron chi connectivity index (χ2n) is 2.37. The van der Waals surface area contributed by atoms with E-state index in [1.807, 2.05) is 0 Å². The lowest BCUT2D eigenvalue weighted by molar-refractivity contribution is -0.125. The molecule has 1 aliphatic rings. The maximum atomic E-state index is 10.9. The minimum absolute atomic E-state index is 0.212. The molecule has 1 aliphatic heterocycles. The molecule has 0 bridgehead atoms. The highest BCUT2D eigenvalue weighted by atomic mass is 16.2. The zero-order valence-corrected chi connectivity index (χ0v) is 6.09. The van der Waals surface area contributed by atoms with Gasteiger partial charge in [-0.25, -0.2) is 0 Å². The smallest absolute Gasteiger partial charge is 0.244 e. The Labute approximate surface area is 64.7 Å². The number of imide groups is 1. The molecule has 1 saturated heterocycles. The van der Waals surface area contributed by atoms with Gasteiger partial charge in [0, 0.05) is 6.54 Å². The standard InChI is InChI=1S/C7H10N2O2/c1-2-3-8-5-4-6(10)9-7(5)11/h2,5,8H,1,3-4H2,(H,9,10,11). The molecule has 1 fully saturated rings. The van der Waals surface area contributed by atoms with Gasteiger partial charge < -0.3 is 5.32 Å². The van der Waals surface area contributed by atoms with Crippen LogP contribution in [0, 0.1) is 0 Å². The summed E-state index contributed by atoms with van der Waals surface area (Å²) < 4.78 is 0. The van der Waals surface area contributed by atoms with Crippen LogP contribution in [0.3, 0.4) is 0 Å². The first kappa shape index (κ1) is 7.94. The summed E-state index contributed by atoms with van der Waals surface area (Å²) in [6.45, 7) is 4.03. The van der Waals surface area contributed by atoms with Gasteiger partial charge in [0.2, 0.25) is 11.8 Å². The number of carbonyl (C=O) groups excluding carboxylic acids is 2. The molecule has 11 heavy (non-hydrogen) atoms. The van der Waals surface area contributed by atoms with Crippen LogP contribution >= 0.6 is 0 Å². The highest BCUT2D eigenvalue weighted by Crippen LogP contribution is 1.99. The van der Waals surface area contributed by atoms with E-state index in [1.54, 1.807) is 6.08 Å². The van der Waals surface area contributed by atoms with Gasteiger partial charge in [0.05, 0.1) is 12.5 Å². The molecule has 1 rings (SSSR count). The molecule has 4 nitrogen and oxygen atoms in total. The van der Waals surface area contributed by atoms with Crippen molar-refractivity contribution >= 4 is 11.8 Å². The molecule has 2 amide bonds. The molecule has 1 unspecified atom stereocenters. The quantitative estimate of drug-likeness (QED) is 0.412. The van der Waals surface area contributed by atoms with Gasteiger partial charge in [-0.05, 0) is 0 Å². The minimum Gasteiger partial charge on any atom is -0.302 e. The molecule has 0 aromatic heterocycles. The largest absolute Gasteiger partial charge is 0.302 e. The fourth-order valence-electron chi connectivity index (χ4n) is 0.944. The summed E-state index contributed by atoms with van der Waals surface area (Å²) in [6, 6.07) is -0.361. The van der Waals surface area contributed by atoms with Gasteiger partial charge in [-0.15, -0.1) is 6.58 Å². The molecule has 0 spiro atoms. The summed E-state index contributed by atoms with van der Waals surface area (Å²) >= 11 is 0. The van der Waals surface area contributed by atoms with Gasteiger partial charge in [0.15, 0.2) is 0 Å². The lowest BCUT2D eigenvalue weighted by Crippen LogP contribution is -2.36. The number of amides is 2. The lowest BCUT2D eigenvalue weighted by atomic mass is 10.2. The van der Waals surface area contributed by atoms with Crippen molar-refractivity contribution < 1.29 is 9.59 Å². The highest BCUT2D eigenvalue weighted by Gasteiger charge is 2.29. The summed E-state index contributed by atoms with van der Waals surface area (Å²) in [4.78, 5) is 21.5. The second kappa shape index (κ2) is 3.30. The second-order valence-corrected chi connectivity index (χ2v) is 2.37. The first-order valence-electron chi connectivity index (χ1n) is 3.42.